The molecular weight excluding hydrogens is 568 g/mol. The molecule has 0 atom stereocenters. The van der Waals surface area contributed by atoms with E-state index in [0.717, 1.165) is 5.56 Å². The third-order valence-electron chi connectivity index (χ3n) is 6.32. The number of nitrogen functional groups attached to an aromatic ring is 1. The second-order valence-electron chi connectivity index (χ2n) is 10.4. The number of benzene rings is 3. The molecule has 222 valence electrons. The molecule has 41 heavy (non-hydrogen) atoms. The Hall–Kier alpha value is -3.77. The highest BCUT2D eigenvalue weighted by Crippen LogP contribution is 2.31. The number of nitrogens with one attached hydrogen (secondary N) is 1. The zero-order valence-electron chi connectivity index (χ0n) is 24.0. The summed E-state index contributed by atoms with van der Waals surface area (Å²) in [5.74, 6) is -0.0989. The fraction of sp³-hybridized carbons (Fsp3) is 0.345. The van der Waals surface area contributed by atoms with Crippen molar-refractivity contribution in [1.29, 1.82) is 0 Å². The Balaban J connectivity index is 1.64. The van der Waals surface area contributed by atoms with Gasteiger partial charge in [0.05, 0.1) is 39.4 Å². The molecule has 3 aromatic rings. The molecule has 0 bridgehead atoms. The monoisotopic (exact) mass is 604 g/mol. The van der Waals surface area contributed by atoms with Gasteiger partial charge in [0.1, 0.15) is 24.7 Å². The molecule has 12 heteroatoms. The van der Waals surface area contributed by atoms with Crippen LogP contribution in [0.5, 0.6) is 11.5 Å². The van der Waals surface area contributed by atoms with Gasteiger partial charge in [-0.3, -0.25) is 9.52 Å². The number of ether oxygens (including phenoxy) is 3. The lowest BCUT2D eigenvalue weighted by Gasteiger charge is -2.23. The highest BCUT2D eigenvalue weighted by Gasteiger charge is 2.31. The number of sulfonamides is 1. The van der Waals surface area contributed by atoms with Crippen LogP contribution in [-0.2, 0) is 29.4 Å². The smallest absolute Gasteiger partial charge is 0.315 e. The second-order valence-corrected chi connectivity index (χ2v) is 14.1. The van der Waals surface area contributed by atoms with Crippen LogP contribution in [0.2, 0.25) is 0 Å². The van der Waals surface area contributed by atoms with Gasteiger partial charge in [0.15, 0.2) is 9.84 Å². The van der Waals surface area contributed by atoms with Gasteiger partial charge in [-0.25, -0.2) is 16.8 Å². The zero-order chi connectivity index (χ0) is 30.6. The van der Waals surface area contributed by atoms with Gasteiger partial charge in [-0.05, 0) is 82.1 Å². The van der Waals surface area contributed by atoms with Crippen molar-refractivity contribution in [1.82, 2.24) is 0 Å². The minimum atomic E-state index is -3.98. The van der Waals surface area contributed by atoms with Crippen LogP contribution in [0.3, 0.4) is 0 Å². The summed E-state index contributed by atoms with van der Waals surface area (Å²) >= 11 is 0. The first kappa shape index (κ1) is 31.8. The summed E-state index contributed by atoms with van der Waals surface area (Å²) in [5.41, 5.74) is 7.11. The van der Waals surface area contributed by atoms with E-state index in [1.165, 1.54) is 31.4 Å². The summed E-state index contributed by atoms with van der Waals surface area (Å²) in [7, 11) is -6.10. The molecule has 0 fully saturated rings. The predicted octanol–water partition coefficient (Wildman–Crippen LogP) is 4.43. The molecule has 10 nitrogen and oxygen atoms in total. The number of nitrogens with two attached hydrogens (primary N) is 1. The van der Waals surface area contributed by atoms with Crippen LogP contribution in [0, 0.1) is 26.2 Å². The molecule has 0 aliphatic rings. The summed E-state index contributed by atoms with van der Waals surface area (Å²) < 4.78 is 70.2. The molecular formula is C29H36N2O8S2. The van der Waals surface area contributed by atoms with Crippen molar-refractivity contribution in [2.75, 3.05) is 36.5 Å². The molecule has 0 saturated heterocycles. The number of esters is 1. The van der Waals surface area contributed by atoms with Crippen molar-refractivity contribution in [2.45, 2.75) is 44.4 Å². The zero-order valence-corrected chi connectivity index (χ0v) is 25.6. The fourth-order valence-electron chi connectivity index (χ4n) is 4.00. The van der Waals surface area contributed by atoms with Gasteiger partial charge >= 0.3 is 5.97 Å². The van der Waals surface area contributed by atoms with Gasteiger partial charge in [-0.15, -0.1) is 0 Å². The first-order chi connectivity index (χ1) is 19.1. The van der Waals surface area contributed by atoms with Crippen molar-refractivity contribution in [2.24, 2.45) is 5.41 Å². The van der Waals surface area contributed by atoms with Crippen LogP contribution in [0.1, 0.15) is 30.5 Å². The number of anilines is 2. The summed E-state index contributed by atoms with van der Waals surface area (Å²) in [4.78, 5) is 13.0. The molecule has 0 aliphatic carbocycles. The molecule has 0 spiro atoms. The van der Waals surface area contributed by atoms with E-state index < -0.39 is 31.2 Å². The van der Waals surface area contributed by atoms with Crippen molar-refractivity contribution < 1.29 is 35.8 Å². The topological polar surface area (TPSA) is 151 Å². The highest BCUT2D eigenvalue weighted by atomic mass is 32.2. The summed E-state index contributed by atoms with van der Waals surface area (Å²) in [6.07, 6.45) is 0. The van der Waals surface area contributed by atoms with Crippen LogP contribution >= 0.6 is 0 Å². The first-order valence-corrected chi connectivity index (χ1v) is 15.9. The Morgan fingerprint density at radius 2 is 1.51 bits per heavy atom. The first-order valence-electron chi connectivity index (χ1n) is 12.7. The molecule has 3 rings (SSSR count). The van der Waals surface area contributed by atoms with Gasteiger partial charge in [-0.2, -0.15) is 0 Å². The van der Waals surface area contributed by atoms with E-state index in [-0.39, 0.29) is 40.1 Å². The van der Waals surface area contributed by atoms with Crippen molar-refractivity contribution in [3.05, 3.63) is 71.3 Å². The average molecular weight is 605 g/mol. The maximum Gasteiger partial charge on any atom is 0.315 e. The fourth-order valence-corrected chi connectivity index (χ4v) is 6.63. The van der Waals surface area contributed by atoms with Crippen LogP contribution in [0.4, 0.5) is 11.4 Å². The van der Waals surface area contributed by atoms with E-state index in [1.807, 2.05) is 6.92 Å². The van der Waals surface area contributed by atoms with E-state index in [1.54, 1.807) is 58.0 Å². The number of hydrogen-bond donors (Lipinski definition) is 2. The molecule has 3 N–H and O–H groups in total. The average Bonchev–Trinajstić information content (AvgIpc) is 2.88. The lowest BCUT2D eigenvalue weighted by Crippen LogP contribution is -2.34. The number of carbonyl (C=O) groups is 1. The van der Waals surface area contributed by atoms with Crippen molar-refractivity contribution >= 4 is 37.2 Å². The van der Waals surface area contributed by atoms with Gasteiger partial charge < -0.3 is 19.9 Å². The lowest BCUT2D eigenvalue weighted by molar-refractivity contribution is -0.154. The quantitative estimate of drug-likeness (QED) is 0.226. The Labute approximate surface area is 241 Å². The molecule has 0 unspecified atom stereocenters. The Morgan fingerprint density at radius 3 is 2.07 bits per heavy atom. The molecule has 3 aromatic carbocycles. The molecule has 0 amide bonds. The number of aryl methyl sites for hydroxylation is 3. The van der Waals surface area contributed by atoms with Gasteiger partial charge in [-0.1, -0.05) is 17.7 Å². The van der Waals surface area contributed by atoms with Gasteiger partial charge in [0, 0.05) is 6.07 Å². The normalized spacial score (nSPS) is 12.0. The molecule has 0 radical (unpaired) electrons. The molecule has 0 heterocycles. The lowest BCUT2D eigenvalue weighted by atomic mass is 9.95. The van der Waals surface area contributed by atoms with Crippen LogP contribution < -0.4 is 19.9 Å². The van der Waals surface area contributed by atoms with Crippen molar-refractivity contribution in [3.63, 3.8) is 0 Å². The summed E-state index contributed by atoms with van der Waals surface area (Å²) in [6.45, 7) is 7.99. The predicted molar refractivity (Wildman–Crippen MR) is 158 cm³/mol. The minimum absolute atomic E-state index is 0.0773. The minimum Gasteiger partial charge on any atom is -0.497 e. The van der Waals surface area contributed by atoms with Gasteiger partial charge in [0.25, 0.3) is 10.0 Å². The number of sulfone groups is 1. The molecule has 0 saturated carbocycles. The largest absolute Gasteiger partial charge is 0.497 e. The standard InChI is InChI=1S/C29H36N2O8S2/c1-19-7-10-24(11-8-19)40(33,34)14-13-38-28(32)29(4,5)18-39-23-15-20(2)27(21(3)16-23)41(35,36)31-26-12-9-22(37-6)17-25(26)30/h7-12,15-17,31H,13-14,18,30H2,1-6H3. The van der Waals surface area contributed by atoms with E-state index in [2.05, 4.69) is 4.72 Å². The highest BCUT2D eigenvalue weighted by molar-refractivity contribution is 7.93. The third-order valence-corrected chi connectivity index (χ3v) is 9.69. The maximum atomic E-state index is 13.2. The maximum absolute atomic E-state index is 13.2. The second kappa shape index (κ2) is 12.4. The molecule has 0 aromatic heterocycles. The number of hydrogen-bond acceptors (Lipinski definition) is 9. The van der Waals surface area contributed by atoms with Crippen LogP contribution in [-0.4, -0.2) is 48.9 Å². The van der Waals surface area contributed by atoms with Crippen molar-refractivity contribution in [3.8, 4) is 11.5 Å². The van der Waals surface area contributed by atoms with E-state index in [4.69, 9.17) is 19.9 Å². The van der Waals surface area contributed by atoms with E-state index >= 15 is 0 Å². The number of methoxy groups -OCH3 is 1. The number of carbonyl (C=O) groups excluding carboxylic acids is 1. The summed E-state index contributed by atoms with van der Waals surface area (Å²) in [5, 5.41) is 0. The van der Waals surface area contributed by atoms with E-state index in [0.29, 0.717) is 22.6 Å². The SMILES string of the molecule is COc1ccc(NS(=O)(=O)c2c(C)cc(OCC(C)(C)C(=O)OCCS(=O)(=O)c3ccc(C)cc3)cc2C)c(N)c1. The Morgan fingerprint density at radius 1 is 0.902 bits per heavy atom. The summed E-state index contributed by atoms with van der Waals surface area (Å²) in [6, 6.07) is 14.2. The van der Waals surface area contributed by atoms with Gasteiger partial charge in [0.2, 0.25) is 0 Å². The van der Waals surface area contributed by atoms with E-state index in [9.17, 15) is 21.6 Å². The number of rotatable bonds is 12. The van der Waals surface area contributed by atoms with Crippen LogP contribution in [0.25, 0.3) is 0 Å². The molecule has 0 aliphatic heterocycles. The Bertz CT molecular complexity index is 1610. The Kier molecular flexibility index (Phi) is 9.60. The van der Waals surface area contributed by atoms with Crippen LogP contribution in [0.15, 0.2) is 64.4 Å². The third kappa shape index (κ3) is 7.92.